The van der Waals surface area contributed by atoms with Crippen molar-refractivity contribution in [3.63, 3.8) is 0 Å². The first-order valence-electron chi connectivity index (χ1n) is 6.61. The van der Waals surface area contributed by atoms with Crippen LogP contribution in [0.25, 0.3) is 0 Å². The fraction of sp³-hybridized carbons (Fsp3) is 0.500. The van der Waals surface area contributed by atoms with Crippen LogP contribution in [0.2, 0.25) is 5.02 Å². The zero-order valence-corrected chi connectivity index (χ0v) is 13.4. The van der Waals surface area contributed by atoms with E-state index in [2.05, 4.69) is 21.2 Å². The van der Waals surface area contributed by atoms with Crippen molar-refractivity contribution < 1.29 is 18.0 Å². The second-order valence-corrected chi connectivity index (χ2v) is 6.44. The Morgan fingerprint density at radius 3 is 2.62 bits per heavy atom. The van der Waals surface area contributed by atoms with Crippen LogP contribution in [-0.2, 0) is 4.79 Å². The molecule has 1 aliphatic carbocycles. The largest absolute Gasteiger partial charge is 0.392 e. The van der Waals surface area contributed by atoms with Crippen molar-refractivity contribution in [1.29, 1.82) is 0 Å². The Kier molecular flexibility index (Phi) is 5.20. The molecule has 0 aromatic heterocycles. The van der Waals surface area contributed by atoms with E-state index in [1.54, 1.807) is 12.1 Å². The van der Waals surface area contributed by atoms with Gasteiger partial charge in [0.2, 0.25) is 5.91 Å². The maximum atomic E-state index is 13.0. The van der Waals surface area contributed by atoms with Crippen LogP contribution in [-0.4, -0.2) is 12.1 Å². The summed E-state index contributed by atoms with van der Waals surface area (Å²) < 4.78 is 39.7. The van der Waals surface area contributed by atoms with Crippen molar-refractivity contribution in [3.8, 4) is 0 Å². The van der Waals surface area contributed by atoms with Crippen molar-refractivity contribution >= 4 is 39.1 Å². The average molecular weight is 385 g/mol. The van der Waals surface area contributed by atoms with E-state index in [1.165, 1.54) is 6.07 Å². The molecule has 1 aromatic carbocycles. The maximum absolute atomic E-state index is 13.0. The van der Waals surface area contributed by atoms with Crippen molar-refractivity contribution in [1.82, 2.24) is 0 Å². The second-order valence-electron chi connectivity index (χ2n) is 5.15. The summed E-state index contributed by atoms with van der Waals surface area (Å²) in [6, 6.07) is 4.77. The fourth-order valence-electron chi connectivity index (χ4n) is 2.66. The van der Waals surface area contributed by atoms with Gasteiger partial charge in [0, 0.05) is 15.4 Å². The number of amides is 1. The number of rotatable bonds is 2. The van der Waals surface area contributed by atoms with Crippen molar-refractivity contribution in [2.75, 3.05) is 5.32 Å². The first-order valence-corrected chi connectivity index (χ1v) is 7.79. The summed E-state index contributed by atoms with van der Waals surface area (Å²) in [4.78, 5) is 12.2. The molecule has 0 saturated heterocycles. The van der Waals surface area contributed by atoms with E-state index in [9.17, 15) is 18.0 Å². The lowest BCUT2D eigenvalue weighted by Crippen LogP contribution is -2.39. The lowest BCUT2D eigenvalue weighted by Gasteiger charge is -2.32. The van der Waals surface area contributed by atoms with Gasteiger partial charge in [-0.2, -0.15) is 13.2 Å². The standard InChI is InChI=1S/C14H14BrClF3NO/c15-11-6-5-8(16)7-12(11)20-13(21)9-3-1-2-4-10(9)14(17,18)19/h5-7,9-10H,1-4H2,(H,20,21). The molecular formula is C14H14BrClF3NO. The van der Waals surface area contributed by atoms with Crippen LogP contribution in [0.4, 0.5) is 18.9 Å². The zero-order chi connectivity index (χ0) is 15.6. The van der Waals surface area contributed by atoms with Crippen LogP contribution < -0.4 is 5.32 Å². The molecule has 2 unspecified atom stereocenters. The van der Waals surface area contributed by atoms with Gasteiger partial charge in [0.05, 0.1) is 11.6 Å². The highest BCUT2D eigenvalue weighted by Crippen LogP contribution is 2.42. The van der Waals surface area contributed by atoms with Gasteiger partial charge in [0.25, 0.3) is 0 Å². The predicted octanol–water partition coefficient (Wildman–Crippen LogP) is 5.41. The van der Waals surface area contributed by atoms with Gasteiger partial charge in [-0.05, 0) is 47.0 Å². The Hall–Kier alpha value is -0.750. The molecule has 2 atom stereocenters. The van der Waals surface area contributed by atoms with E-state index >= 15 is 0 Å². The highest BCUT2D eigenvalue weighted by Gasteiger charge is 2.48. The van der Waals surface area contributed by atoms with Crippen LogP contribution in [0, 0.1) is 11.8 Å². The molecule has 0 bridgehead atoms. The summed E-state index contributed by atoms with van der Waals surface area (Å²) in [5, 5.41) is 2.96. The minimum absolute atomic E-state index is 0.0122. The number of halogens is 5. The topological polar surface area (TPSA) is 29.1 Å². The quantitative estimate of drug-likeness (QED) is 0.726. The minimum Gasteiger partial charge on any atom is -0.325 e. The van der Waals surface area contributed by atoms with Crippen LogP contribution in [0.5, 0.6) is 0 Å². The first kappa shape index (κ1) is 16.6. The van der Waals surface area contributed by atoms with Crippen molar-refractivity contribution in [3.05, 3.63) is 27.7 Å². The van der Waals surface area contributed by atoms with Gasteiger partial charge in [-0.3, -0.25) is 4.79 Å². The van der Waals surface area contributed by atoms with Gasteiger partial charge in [-0.15, -0.1) is 0 Å². The molecule has 1 aromatic rings. The van der Waals surface area contributed by atoms with E-state index in [0.29, 0.717) is 28.0 Å². The van der Waals surface area contributed by atoms with E-state index in [1.807, 2.05) is 0 Å². The van der Waals surface area contributed by atoms with Crippen molar-refractivity contribution in [2.45, 2.75) is 31.9 Å². The number of benzene rings is 1. The molecule has 0 heterocycles. The van der Waals surface area contributed by atoms with E-state index in [0.717, 1.165) is 0 Å². The van der Waals surface area contributed by atoms with Crippen LogP contribution in [0.1, 0.15) is 25.7 Å². The minimum atomic E-state index is -4.34. The molecule has 0 aliphatic heterocycles. The van der Waals surface area contributed by atoms with Gasteiger partial charge in [-0.25, -0.2) is 0 Å². The lowest BCUT2D eigenvalue weighted by atomic mass is 9.78. The molecule has 2 rings (SSSR count). The number of nitrogens with one attached hydrogen (secondary N) is 1. The van der Waals surface area contributed by atoms with Gasteiger partial charge < -0.3 is 5.32 Å². The molecule has 1 fully saturated rings. The molecular weight excluding hydrogens is 371 g/mol. The Bertz CT molecular complexity index is 535. The third-order valence-corrected chi connectivity index (χ3v) is 4.64. The summed E-state index contributed by atoms with van der Waals surface area (Å²) in [7, 11) is 0. The smallest absolute Gasteiger partial charge is 0.325 e. The Morgan fingerprint density at radius 1 is 1.29 bits per heavy atom. The number of carbonyl (C=O) groups is 1. The lowest BCUT2D eigenvalue weighted by molar-refractivity contribution is -0.197. The zero-order valence-electron chi connectivity index (χ0n) is 11.0. The third kappa shape index (κ3) is 4.13. The maximum Gasteiger partial charge on any atom is 0.392 e. The molecule has 116 valence electrons. The molecule has 0 radical (unpaired) electrons. The number of hydrogen-bond acceptors (Lipinski definition) is 1. The van der Waals surface area contributed by atoms with Crippen LogP contribution in [0.15, 0.2) is 22.7 Å². The summed E-state index contributed by atoms with van der Waals surface area (Å²) in [6.45, 7) is 0. The van der Waals surface area contributed by atoms with Gasteiger partial charge in [-0.1, -0.05) is 24.4 Å². The summed E-state index contributed by atoms with van der Waals surface area (Å²) in [6.07, 6.45) is -2.92. The third-order valence-electron chi connectivity index (χ3n) is 3.71. The summed E-state index contributed by atoms with van der Waals surface area (Å²) in [5.74, 6) is -3.20. The Balaban J connectivity index is 2.16. The van der Waals surface area contributed by atoms with Gasteiger partial charge in [0.15, 0.2) is 0 Å². The van der Waals surface area contributed by atoms with Gasteiger partial charge in [0.1, 0.15) is 0 Å². The molecule has 1 saturated carbocycles. The van der Waals surface area contributed by atoms with E-state index < -0.39 is 23.9 Å². The molecule has 21 heavy (non-hydrogen) atoms. The second kappa shape index (κ2) is 6.57. The van der Waals surface area contributed by atoms with Crippen LogP contribution in [0.3, 0.4) is 0 Å². The number of alkyl halides is 3. The molecule has 1 amide bonds. The SMILES string of the molecule is O=C(Nc1cc(Cl)ccc1Br)C1CCCCC1C(F)(F)F. The predicted molar refractivity (Wildman–Crippen MR) is 79.3 cm³/mol. The van der Waals surface area contributed by atoms with E-state index in [4.69, 9.17) is 11.6 Å². The molecule has 2 nitrogen and oxygen atoms in total. The Labute approximate surface area is 134 Å². The summed E-state index contributed by atoms with van der Waals surface area (Å²) >= 11 is 9.08. The fourth-order valence-corrected chi connectivity index (χ4v) is 3.17. The summed E-state index contributed by atoms with van der Waals surface area (Å²) in [5.41, 5.74) is 0.388. The number of hydrogen-bond donors (Lipinski definition) is 1. The number of carbonyl (C=O) groups excluding carboxylic acids is 1. The first-order chi connectivity index (χ1) is 9.79. The highest BCUT2D eigenvalue weighted by molar-refractivity contribution is 9.10. The molecule has 1 N–H and O–H groups in total. The highest BCUT2D eigenvalue weighted by atomic mass is 79.9. The molecule has 1 aliphatic rings. The normalized spacial score (nSPS) is 22.9. The average Bonchev–Trinajstić information content (AvgIpc) is 2.42. The number of anilines is 1. The molecule has 0 spiro atoms. The molecule has 7 heteroatoms. The van der Waals surface area contributed by atoms with Gasteiger partial charge >= 0.3 is 6.18 Å². The van der Waals surface area contributed by atoms with E-state index in [-0.39, 0.29) is 12.8 Å². The monoisotopic (exact) mass is 383 g/mol. The Morgan fingerprint density at radius 2 is 1.95 bits per heavy atom. The van der Waals surface area contributed by atoms with Crippen LogP contribution >= 0.6 is 27.5 Å². The van der Waals surface area contributed by atoms with Crippen molar-refractivity contribution in [2.24, 2.45) is 11.8 Å².